The Morgan fingerprint density at radius 1 is 0.542 bits per heavy atom. The molecule has 0 amide bonds. The van der Waals surface area contributed by atoms with E-state index in [1.807, 2.05) is 0 Å². The number of rotatable bonds is 11. The largest absolute Gasteiger partial charge is 0.416 e. The summed E-state index contributed by atoms with van der Waals surface area (Å²) in [6.45, 7) is 30.2. The molecule has 0 bridgehead atoms. The van der Waals surface area contributed by atoms with Crippen LogP contribution in [0.25, 0.3) is 0 Å². The van der Waals surface area contributed by atoms with Gasteiger partial charge in [0.25, 0.3) is 0 Å². The van der Waals surface area contributed by atoms with E-state index in [0.29, 0.717) is 16.6 Å². The first-order valence-electron chi connectivity index (χ1n) is 10.5. The van der Waals surface area contributed by atoms with E-state index in [1.54, 1.807) is 0 Å². The molecule has 0 atom stereocenters. The lowest BCUT2D eigenvalue weighted by atomic mass is 10.5. The van der Waals surface area contributed by atoms with Gasteiger partial charge in [0, 0.05) is 6.61 Å². The normalized spacial score (nSPS) is 14.2. The maximum absolute atomic E-state index is 6.81. The van der Waals surface area contributed by atoms with Crippen molar-refractivity contribution in [2.45, 2.75) is 129 Å². The van der Waals surface area contributed by atoms with Gasteiger partial charge in [-0.25, -0.2) is 0 Å². The standard InChI is InChI=1S/C21H48OSi2/c1-16(2)23(17(3)4,18(5)6)15-13-14-22-24(19(7)8,20(9)10)21(11)12/h16-21H,13-15H2,1-12H3. The Bertz CT molecular complexity index is 268. The lowest BCUT2D eigenvalue weighted by Crippen LogP contribution is -2.48. The quantitative estimate of drug-likeness (QED) is 0.262. The van der Waals surface area contributed by atoms with E-state index in [2.05, 4.69) is 83.1 Å². The fraction of sp³-hybridized carbons (Fsp3) is 1.00. The van der Waals surface area contributed by atoms with Crippen LogP contribution in [-0.4, -0.2) is 23.0 Å². The molecule has 0 unspecified atom stereocenters. The van der Waals surface area contributed by atoms with Gasteiger partial charge in [0.1, 0.15) is 0 Å². The fourth-order valence-corrected chi connectivity index (χ4v) is 18.0. The first-order chi connectivity index (χ1) is 10.9. The number of hydrogen-bond acceptors (Lipinski definition) is 1. The van der Waals surface area contributed by atoms with Crippen LogP contribution in [0.3, 0.4) is 0 Å². The van der Waals surface area contributed by atoms with Crippen molar-refractivity contribution in [1.29, 1.82) is 0 Å². The van der Waals surface area contributed by atoms with E-state index in [1.165, 1.54) is 12.5 Å². The molecule has 24 heavy (non-hydrogen) atoms. The van der Waals surface area contributed by atoms with Crippen LogP contribution in [0, 0.1) is 0 Å². The van der Waals surface area contributed by atoms with Crippen molar-refractivity contribution >= 4 is 16.4 Å². The minimum atomic E-state index is -1.69. The molecular formula is C21H48OSi2. The zero-order chi connectivity index (χ0) is 19.3. The summed E-state index contributed by atoms with van der Waals surface area (Å²) in [4.78, 5) is 0. The molecule has 0 N–H and O–H groups in total. The summed E-state index contributed by atoms with van der Waals surface area (Å²) in [6, 6.07) is 1.43. The predicted molar refractivity (Wildman–Crippen MR) is 117 cm³/mol. The molecule has 0 aromatic heterocycles. The molecule has 1 nitrogen and oxygen atoms in total. The van der Waals surface area contributed by atoms with Crippen LogP contribution in [0.5, 0.6) is 0 Å². The van der Waals surface area contributed by atoms with Crippen molar-refractivity contribution in [2.24, 2.45) is 0 Å². The van der Waals surface area contributed by atoms with Gasteiger partial charge in [0.05, 0.1) is 8.07 Å². The van der Waals surface area contributed by atoms with Crippen molar-refractivity contribution < 1.29 is 4.43 Å². The molecule has 0 fully saturated rings. The maximum Gasteiger partial charge on any atom is 0.200 e. The van der Waals surface area contributed by atoms with Crippen molar-refractivity contribution in [2.75, 3.05) is 6.61 Å². The highest BCUT2D eigenvalue weighted by Gasteiger charge is 2.45. The first kappa shape index (κ1) is 24.4. The Hall–Kier alpha value is 0.394. The van der Waals surface area contributed by atoms with Gasteiger partial charge in [0.2, 0.25) is 0 Å². The molecule has 0 aliphatic carbocycles. The summed E-state index contributed by atoms with van der Waals surface area (Å²) in [7, 11) is -2.96. The van der Waals surface area contributed by atoms with Crippen molar-refractivity contribution in [3.05, 3.63) is 0 Å². The highest BCUT2D eigenvalue weighted by Crippen LogP contribution is 2.46. The molecule has 0 saturated carbocycles. The van der Waals surface area contributed by atoms with Crippen LogP contribution >= 0.6 is 0 Å². The van der Waals surface area contributed by atoms with Gasteiger partial charge in [-0.15, -0.1) is 0 Å². The fourth-order valence-electron chi connectivity index (χ4n) is 5.99. The molecule has 0 spiro atoms. The Labute approximate surface area is 156 Å². The summed E-state index contributed by atoms with van der Waals surface area (Å²) in [5.74, 6) is 0. The Morgan fingerprint density at radius 2 is 0.875 bits per heavy atom. The zero-order valence-electron chi connectivity index (χ0n) is 19.0. The second-order valence-corrected chi connectivity index (χ2v) is 21.5. The smallest absolute Gasteiger partial charge is 0.200 e. The monoisotopic (exact) mass is 372 g/mol. The van der Waals surface area contributed by atoms with E-state index < -0.39 is 16.4 Å². The van der Waals surface area contributed by atoms with Gasteiger partial charge in [-0.1, -0.05) is 106 Å². The second-order valence-electron chi connectivity index (χ2n) is 9.85. The van der Waals surface area contributed by atoms with E-state index >= 15 is 0 Å². The lowest BCUT2D eigenvalue weighted by molar-refractivity contribution is 0.276. The molecule has 0 heterocycles. The summed E-state index contributed by atoms with van der Waals surface area (Å²) >= 11 is 0. The van der Waals surface area contributed by atoms with Gasteiger partial charge >= 0.3 is 0 Å². The topological polar surface area (TPSA) is 9.23 Å². The molecule has 0 radical (unpaired) electrons. The molecule has 146 valence electrons. The van der Waals surface area contributed by atoms with Crippen molar-refractivity contribution in [3.63, 3.8) is 0 Å². The number of hydrogen-bond donors (Lipinski definition) is 0. The van der Waals surface area contributed by atoms with Gasteiger partial charge in [-0.2, -0.15) is 0 Å². The van der Waals surface area contributed by atoms with E-state index in [9.17, 15) is 0 Å². The third-order valence-corrected chi connectivity index (χ3v) is 20.8. The predicted octanol–water partition coefficient (Wildman–Crippen LogP) is 8.25. The molecule has 0 aliphatic heterocycles. The first-order valence-corrected chi connectivity index (χ1v) is 15.1. The van der Waals surface area contributed by atoms with Gasteiger partial charge in [0.15, 0.2) is 8.32 Å². The average molecular weight is 373 g/mol. The van der Waals surface area contributed by atoms with Crippen LogP contribution in [0.2, 0.25) is 39.3 Å². The van der Waals surface area contributed by atoms with E-state index in [0.717, 1.165) is 23.2 Å². The third-order valence-electron chi connectivity index (χ3n) is 7.04. The lowest BCUT2D eigenvalue weighted by Gasteiger charge is -2.45. The van der Waals surface area contributed by atoms with Gasteiger partial charge in [-0.3, -0.25) is 0 Å². The van der Waals surface area contributed by atoms with Crippen LogP contribution in [0.1, 0.15) is 89.5 Å². The third kappa shape index (κ3) is 4.97. The van der Waals surface area contributed by atoms with E-state index in [-0.39, 0.29) is 0 Å². The summed E-state index contributed by atoms with van der Waals surface area (Å²) in [5, 5.41) is 0. The molecule has 0 rings (SSSR count). The zero-order valence-corrected chi connectivity index (χ0v) is 21.0. The van der Waals surface area contributed by atoms with Gasteiger partial charge < -0.3 is 4.43 Å². The van der Waals surface area contributed by atoms with Crippen LogP contribution in [0.4, 0.5) is 0 Å². The van der Waals surface area contributed by atoms with Crippen LogP contribution in [0.15, 0.2) is 0 Å². The van der Waals surface area contributed by atoms with Crippen LogP contribution in [-0.2, 0) is 4.43 Å². The van der Waals surface area contributed by atoms with E-state index in [4.69, 9.17) is 4.43 Å². The Kier molecular flexibility index (Phi) is 10.1. The molecule has 3 heteroatoms. The minimum Gasteiger partial charge on any atom is -0.416 e. The van der Waals surface area contributed by atoms with Crippen LogP contribution < -0.4 is 0 Å². The minimum absolute atomic E-state index is 0.694. The van der Waals surface area contributed by atoms with Crippen molar-refractivity contribution in [3.8, 4) is 0 Å². The Morgan fingerprint density at radius 3 is 1.12 bits per heavy atom. The maximum atomic E-state index is 6.81. The SMILES string of the molecule is CC(C)[Si](CCCO[Si](C(C)C)(C(C)C)C(C)C)(C(C)C)C(C)C. The molecule has 0 aliphatic rings. The molecule has 0 saturated heterocycles. The average Bonchev–Trinajstić information content (AvgIpc) is 2.40. The highest BCUT2D eigenvalue weighted by atomic mass is 28.4. The molecule has 0 aromatic carbocycles. The van der Waals surface area contributed by atoms with Gasteiger partial charge in [-0.05, 0) is 23.0 Å². The molecular weight excluding hydrogens is 324 g/mol. The highest BCUT2D eigenvalue weighted by molar-refractivity contribution is 6.83. The summed E-state index contributed by atoms with van der Waals surface area (Å²) in [6.07, 6.45) is 1.27. The second kappa shape index (κ2) is 9.92. The van der Waals surface area contributed by atoms with Crippen molar-refractivity contribution in [1.82, 2.24) is 0 Å². The molecule has 0 aromatic rings. The summed E-state index contributed by atoms with van der Waals surface area (Å²) in [5.41, 5.74) is 4.67. The summed E-state index contributed by atoms with van der Waals surface area (Å²) < 4.78 is 6.81. The Balaban J connectivity index is 5.07.